The van der Waals surface area contributed by atoms with E-state index in [1.165, 1.54) is 0 Å². The van der Waals surface area contributed by atoms with Crippen LogP contribution in [0.4, 0.5) is 0 Å². The van der Waals surface area contributed by atoms with Crippen LogP contribution in [0.15, 0.2) is 42.7 Å². The zero-order chi connectivity index (χ0) is 17.1. The first kappa shape index (κ1) is 16.7. The van der Waals surface area contributed by atoms with Crippen molar-refractivity contribution < 1.29 is 9.53 Å². The van der Waals surface area contributed by atoms with E-state index in [0.717, 1.165) is 0 Å². The van der Waals surface area contributed by atoms with Gasteiger partial charge in [0.15, 0.2) is 22.6 Å². The Bertz CT molecular complexity index is 883. The number of halogens is 2. The van der Waals surface area contributed by atoms with E-state index in [1.807, 2.05) is 0 Å². The predicted octanol–water partition coefficient (Wildman–Crippen LogP) is 4.26. The number of para-hydroxylation sites is 1. The van der Waals surface area contributed by atoms with Crippen LogP contribution in [0.5, 0.6) is 11.5 Å². The second-order valence-corrected chi connectivity index (χ2v) is 6.03. The molecule has 0 radical (unpaired) electrons. The van der Waals surface area contributed by atoms with Gasteiger partial charge < -0.3 is 4.74 Å². The van der Waals surface area contributed by atoms with E-state index in [-0.39, 0.29) is 8.94 Å². The molecule has 2 aromatic heterocycles. The van der Waals surface area contributed by atoms with Crippen LogP contribution in [0.3, 0.4) is 0 Å². The molecule has 0 N–H and O–H groups in total. The standard InChI is InChI=1S/C16H10ClIN4O2/c1-9-12(24-11-6-3-2-5-10(11)14(18)23)13(17)22-16(21-9)15-19-7-4-8-20-15/h2-8H,1H3. The highest BCUT2D eigenvalue weighted by atomic mass is 127. The van der Waals surface area contributed by atoms with Crippen LogP contribution in [0.2, 0.25) is 5.15 Å². The largest absolute Gasteiger partial charge is 0.451 e. The highest BCUT2D eigenvalue weighted by Crippen LogP contribution is 2.33. The lowest BCUT2D eigenvalue weighted by molar-refractivity contribution is 0.110. The van der Waals surface area contributed by atoms with E-state index in [9.17, 15) is 4.79 Å². The Balaban J connectivity index is 2.00. The molecule has 0 aliphatic carbocycles. The van der Waals surface area contributed by atoms with Gasteiger partial charge in [0.05, 0.1) is 11.3 Å². The van der Waals surface area contributed by atoms with Gasteiger partial charge in [-0.05, 0) is 25.1 Å². The van der Waals surface area contributed by atoms with Crippen molar-refractivity contribution >= 4 is 38.0 Å². The number of benzene rings is 1. The van der Waals surface area contributed by atoms with Gasteiger partial charge in [-0.3, -0.25) is 4.79 Å². The van der Waals surface area contributed by atoms with Gasteiger partial charge in [-0.1, -0.05) is 23.7 Å². The first-order valence-corrected chi connectivity index (χ1v) is 8.30. The quantitative estimate of drug-likeness (QED) is 0.334. The number of aromatic nitrogens is 4. The number of hydrogen-bond acceptors (Lipinski definition) is 6. The second-order valence-electron chi connectivity index (χ2n) is 4.70. The number of rotatable bonds is 4. The minimum absolute atomic E-state index is 0.126. The Kier molecular flexibility index (Phi) is 5.00. The molecule has 3 rings (SSSR count). The highest BCUT2D eigenvalue weighted by Gasteiger charge is 2.17. The topological polar surface area (TPSA) is 77.9 Å². The van der Waals surface area contributed by atoms with Crippen LogP contribution in [-0.4, -0.2) is 23.7 Å². The lowest BCUT2D eigenvalue weighted by Gasteiger charge is -2.12. The Morgan fingerprint density at radius 3 is 2.46 bits per heavy atom. The summed E-state index contributed by atoms with van der Waals surface area (Å²) in [5.41, 5.74) is 0.970. The molecule has 0 saturated heterocycles. The molecular weight excluding hydrogens is 443 g/mol. The molecule has 0 amide bonds. The van der Waals surface area contributed by atoms with Gasteiger partial charge in [0.2, 0.25) is 3.79 Å². The van der Waals surface area contributed by atoms with Gasteiger partial charge in [0.1, 0.15) is 5.75 Å². The molecule has 1 aromatic carbocycles. The van der Waals surface area contributed by atoms with E-state index >= 15 is 0 Å². The predicted molar refractivity (Wildman–Crippen MR) is 97.7 cm³/mol. The summed E-state index contributed by atoms with van der Waals surface area (Å²) in [7, 11) is 0. The van der Waals surface area contributed by atoms with Crippen LogP contribution in [0.1, 0.15) is 16.1 Å². The van der Waals surface area contributed by atoms with Crippen LogP contribution < -0.4 is 4.74 Å². The van der Waals surface area contributed by atoms with Gasteiger partial charge >= 0.3 is 0 Å². The highest BCUT2D eigenvalue weighted by molar-refractivity contribution is 14.1. The average molecular weight is 453 g/mol. The first-order valence-electron chi connectivity index (χ1n) is 6.84. The summed E-state index contributed by atoms with van der Waals surface area (Å²) in [5, 5.41) is 0.126. The van der Waals surface area contributed by atoms with Crippen molar-refractivity contribution in [3.8, 4) is 23.1 Å². The zero-order valence-electron chi connectivity index (χ0n) is 12.4. The number of carbonyl (C=O) groups is 1. The summed E-state index contributed by atoms with van der Waals surface area (Å²) in [6, 6.07) is 8.61. The monoisotopic (exact) mass is 452 g/mol. The number of aryl methyl sites for hydroxylation is 1. The molecule has 0 atom stereocenters. The molecule has 24 heavy (non-hydrogen) atoms. The minimum atomic E-state index is -0.132. The summed E-state index contributed by atoms with van der Waals surface area (Å²) < 4.78 is 5.67. The summed E-state index contributed by atoms with van der Waals surface area (Å²) in [6.45, 7) is 1.74. The van der Waals surface area contributed by atoms with Crippen molar-refractivity contribution in [2.75, 3.05) is 0 Å². The van der Waals surface area contributed by atoms with Crippen molar-refractivity contribution in [1.29, 1.82) is 0 Å². The molecule has 3 aromatic rings. The summed E-state index contributed by atoms with van der Waals surface area (Å²) in [6.07, 6.45) is 3.20. The van der Waals surface area contributed by atoms with E-state index in [2.05, 4.69) is 19.9 Å². The van der Waals surface area contributed by atoms with Crippen molar-refractivity contribution in [2.45, 2.75) is 6.92 Å². The summed E-state index contributed by atoms with van der Waals surface area (Å²) >= 11 is 7.96. The number of nitrogens with zero attached hydrogens (tertiary/aromatic N) is 4. The molecular formula is C16H10ClIN4O2. The molecule has 0 fully saturated rings. The Hall–Kier alpha value is -2.13. The van der Waals surface area contributed by atoms with Gasteiger partial charge in [0, 0.05) is 35.0 Å². The third kappa shape index (κ3) is 3.51. The van der Waals surface area contributed by atoms with E-state index in [0.29, 0.717) is 34.4 Å². The lowest BCUT2D eigenvalue weighted by Crippen LogP contribution is -2.01. The fourth-order valence-electron chi connectivity index (χ4n) is 1.99. The number of hydrogen-bond donors (Lipinski definition) is 0. The third-order valence-corrected chi connectivity index (χ3v) is 3.91. The molecule has 120 valence electrons. The first-order chi connectivity index (χ1) is 11.6. The smallest absolute Gasteiger partial charge is 0.226 e. The molecule has 0 aliphatic rings. The average Bonchev–Trinajstić information content (AvgIpc) is 2.59. The second kappa shape index (κ2) is 7.18. The van der Waals surface area contributed by atoms with Crippen molar-refractivity contribution in [2.24, 2.45) is 0 Å². The number of carbonyl (C=O) groups excluding carboxylic acids is 1. The van der Waals surface area contributed by atoms with E-state index in [4.69, 9.17) is 16.3 Å². The van der Waals surface area contributed by atoms with Crippen molar-refractivity contribution in [3.05, 3.63) is 59.1 Å². The van der Waals surface area contributed by atoms with Gasteiger partial charge in [-0.15, -0.1) is 0 Å². The maximum Gasteiger partial charge on any atom is 0.226 e. The van der Waals surface area contributed by atoms with Crippen molar-refractivity contribution in [3.63, 3.8) is 0 Å². The summed E-state index contributed by atoms with van der Waals surface area (Å²) in [5.74, 6) is 1.37. The third-order valence-electron chi connectivity index (χ3n) is 3.07. The molecule has 8 heteroatoms. The maximum absolute atomic E-state index is 11.7. The molecule has 6 nitrogen and oxygen atoms in total. The Morgan fingerprint density at radius 2 is 1.79 bits per heavy atom. The van der Waals surface area contributed by atoms with Crippen LogP contribution in [0, 0.1) is 6.92 Å². The van der Waals surface area contributed by atoms with E-state index in [1.54, 1.807) is 72.2 Å². The van der Waals surface area contributed by atoms with Crippen LogP contribution in [0.25, 0.3) is 11.6 Å². The number of ether oxygens (including phenoxy) is 1. The fourth-order valence-corrected chi connectivity index (χ4v) is 2.69. The van der Waals surface area contributed by atoms with Gasteiger partial charge in [-0.25, -0.2) is 19.9 Å². The molecule has 2 heterocycles. The molecule has 0 bridgehead atoms. The molecule has 0 saturated carbocycles. The maximum atomic E-state index is 11.7. The minimum Gasteiger partial charge on any atom is -0.451 e. The van der Waals surface area contributed by atoms with E-state index < -0.39 is 0 Å². The normalized spacial score (nSPS) is 10.5. The molecule has 0 aliphatic heterocycles. The van der Waals surface area contributed by atoms with Crippen LogP contribution >= 0.6 is 34.2 Å². The Morgan fingerprint density at radius 1 is 1.08 bits per heavy atom. The molecule has 0 spiro atoms. The lowest BCUT2D eigenvalue weighted by atomic mass is 10.2. The van der Waals surface area contributed by atoms with Crippen molar-refractivity contribution in [1.82, 2.24) is 19.9 Å². The van der Waals surface area contributed by atoms with Gasteiger partial charge in [-0.2, -0.15) is 0 Å². The Labute approximate surface area is 156 Å². The van der Waals surface area contributed by atoms with Gasteiger partial charge in [0.25, 0.3) is 0 Å². The fraction of sp³-hybridized carbons (Fsp3) is 0.0625. The summed E-state index contributed by atoms with van der Waals surface area (Å²) in [4.78, 5) is 28.4. The van der Waals surface area contributed by atoms with Crippen LogP contribution in [-0.2, 0) is 0 Å². The SMILES string of the molecule is Cc1nc(-c2ncccn2)nc(Cl)c1Oc1ccccc1C(=O)I. The zero-order valence-corrected chi connectivity index (χ0v) is 15.3. The molecule has 0 unspecified atom stereocenters.